The summed E-state index contributed by atoms with van der Waals surface area (Å²) < 4.78 is 0. The van der Waals surface area contributed by atoms with Crippen LogP contribution in [-0.2, 0) is 0 Å². The predicted molar refractivity (Wildman–Crippen MR) is 92.6 cm³/mol. The Morgan fingerprint density at radius 2 is 1.67 bits per heavy atom. The number of pyridine rings is 1. The molecule has 0 amide bonds. The minimum atomic E-state index is -0.208. The second-order valence-electron chi connectivity index (χ2n) is 5.46. The summed E-state index contributed by atoms with van der Waals surface area (Å²) in [5.41, 5.74) is 13.8. The maximum absolute atomic E-state index is 12.9. The number of hydrogen-bond donors (Lipinski definition) is 4. The summed E-state index contributed by atoms with van der Waals surface area (Å²) in [7, 11) is 0. The second kappa shape index (κ2) is 6.77. The summed E-state index contributed by atoms with van der Waals surface area (Å²) in [5.74, 6) is -0.396. The molecule has 24 heavy (non-hydrogen) atoms. The molecule has 1 aromatic heterocycles. The quantitative estimate of drug-likeness (QED) is 0.523. The smallest absolute Gasteiger partial charge is 0.196 e. The van der Waals surface area contributed by atoms with Gasteiger partial charge >= 0.3 is 0 Å². The highest BCUT2D eigenvalue weighted by Crippen LogP contribution is 2.34. The lowest BCUT2D eigenvalue weighted by atomic mass is 9.84. The molecule has 0 radical (unpaired) electrons. The van der Waals surface area contributed by atoms with Gasteiger partial charge in [0.15, 0.2) is 11.6 Å². The number of nitrogens with two attached hydrogens (primary N) is 2. The van der Waals surface area contributed by atoms with E-state index in [1.54, 1.807) is 12.1 Å². The fraction of sp³-hybridized carbons (Fsp3) is 0.235. The largest absolute Gasteiger partial charge is 0.384 e. The number of carbonyl (C=O) groups excluding carboxylic acids is 2. The Labute approximate surface area is 139 Å². The van der Waals surface area contributed by atoms with E-state index < -0.39 is 0 Å². The van der Waals surface area contributed by atoms with E-state index in [1.165, 1.54) is 12.4 Å². The first-order valence-electron chi connectivity index (χ1n) is 7.76. The third-order valence-electron chi connectivity index (χ3n) is 3.85. The normalized spacial score (nSPS) is 12.6. The molecule has 1 aliphatic carbocycles. The number of nitrogens with one attached hydrogen (secondary N) is 2. The molecule has 0 bridgehead atoms. The predicted octanol–water partition coefficient (Wildman–Crippen LogP) is 0.598. The van der Waals surface area contributed by atoms with Crippen molar-refractivity contribution in [2.24, 2.45) is 11.5 Å². The first-order chi connectivity index (χ1) is 11.7. The second-order valence-corrected chi connectivity index (χ2v) is 5.46. The molecular weight excluding hydrogens is 306 g/mol. The van der Waals surface area contributed by atoms with Crippen LogP contribution in [0.1, 0.15) is 31.8 Å². The SMILES string of the molecule is NCCNc1cc(NCCN)c2c(c1)C(=O)c1cnccc1C2=O. The molecule has 1 heterocycles. The molecule has 0 unspecified atom stereocenters. The molecule has 0 saturated heterocycles. The van der Waals surface area contributed by atoms with E-state index in [0.717, 1.165) is 5.69 Å². The Morgan fingerprint density at radius 3 is 2.42 bits per heavy atom. The van der Waals surface area contributed by atoms with E-state index in [4.69, 9.17) is 11.5 Å². The van der Waals surface area contributed by atoms with Crippen LogP contribution in [0, 0.1) is 0 Å². The number of aromatic nitrogens is 1. The Morgan fingerprint density at radius 1 is 0.917 bits per heavy atom. The molecule has 0 fully saturated rings. The number of fused-ring (bicyclic) bond motifs is 2. The Bertz CT molecular complexity index is 804. The average Bonchev–Trinajstić information content (AvgIpc) is 2.62. The molecule has 7 heteroatoms. The van der Waals surface area contributed by atoms with E-state index in [0.29, 0.717) is 54.1 Å². The number of carbonyl (C=O) groups is 2. The van der Waals surface area contributed by atoms with E-state index in [1.807, 2.05) is 6.07 Å². The van der Waals surface area contributed by atoms with Gasteiger partial charge in [-0.05, 0) is 18.2 Å². The van der Waals surface area contributed by atoms with Gasteiger partial charge in [0, 0.05) is 61.1 Å². The molecule has 6 N–H and O–H groups in total. The maximum atomic E-state index is 12.9. The summed E-state index contributed by atoms with van der Waals surface area (Å²) in [6, 6.07) is 5.07. The van der Waals surface area contributed by atoms with Crippen LogP contribution in [0.3, 0.4) is 0 Å². The van der Waals surface area contributed by atoms with Crippen molar-refractivity contribution in [2.45, 2.75) is 0 Å². The van der Waals surface area contributed by atoms with Gasteiger partial charge in [0.1, 0.15) is 0 Å². The molecule has 0 spiro atoms. The molecule has 0 saturated carbocycles. The van der Waals surface area contributed by atoms with Gasteiger partial charge < -0.3 is 22.1 Å². The van der Waals surface area contributed by atoms with Gasteiger partial charge in [-0.25, -0.2) is 0 Å². The fourth-order valence-corrected chi connectivity index (χ4v) is 2.78. The van der Waals surface area contributed by atoms with Gasteiger partial charge in [-0.3, -0.25) is 14.6 Å². The van der Waals surface area contributed by atoms with Gasteiger partial charge in [0.05, 0.1) is 11.1 Å². The van der Waals surface area contributed by atoms with Crippen molar-refractivity contribution in [3.8, 4) is 0 Å². The van der Waals surface area contributed by atoms with Crippen LogP contribution in [0.5, 0.6) is 0 Å². The Balaban J connectivity index is 2.14. The number of ketones is 2. The summed E-state index contributed by atoms with van der Waals surface area (Å²) in [4.78, 5) is 29.6. The minimum Gasteiger partial charge on any atom is -0.384 e. The minimum absolute atomic E-state index is 0.188. The first-order valence-corrected chi connectivity index (χ1v) is 7.76. The Hall–Kier alpha value is -2.77. The molecular formula is C17H19N5O2. The molecule has 2 aromatic rings. The van der Waals surface area contributed by atoms with E-state index in [9.17, 15) is 9.59 Å². The lowest BCUT2D eigenvalue weighted by Gasteiger charge is -2.22. The third-order valence-corrected chi connectivity index (χ3v) is 3.85. The van der Waals surface area contributed by atoms with Crippen molar-refractivity contribution >= 4 is 22.9 Å². The maximum Gasteiger partial charge on any atom is 0.196 e. The van der Waals surface area contributed by atoms with Crippen LogP contribution in [0.4, 0.5) is 11.4 Å². The number of nitrogens with zero attached hydrogens (tertiary/aromatic N) is 1. The average molecular weight is 325 g/mol. The highest BCUT2D eigenvalue weighted by molar-refractivity contribution is 6.30. The van der Waals surface area contributed by atoms with Crippen molar-refractivity contribution < 1.29 is 9.59 Å². The number of anilines is 2. The molecule has 3 rings (SSSR count). The van der Waals surface area contributed by atoms with Gasteiger partial charge in [-0.15, -0.1) is 0 Å². The molecule has 0 aliphatic heterocycles. The van der Waals surface area contributed by atoms with Crippen molar-refractivity contribution in [3.63, 3.8) is 0 Å². The van der Waals surface area contributed by atoms with Crippen LogP contribution in [0.15, 0.2) is 30.6 Å². The zero-order valence-corrected chi connectivity index (χ0v) is 13.1. The van der Waals surface area contributed by atoms with Crippen molar-refractivity contribution in [1.29, 1.82) is 0 Å². The molecule has 124 valence electrons. The van der Waals surface area contributed by atoms with Crippen LogP contribution in [0.2, 0.25) is 0 Å². The molecule has 0 atom stereocenters. The topological polar surface area (TPSA) is 123 Å². The van der Waals surface area contributed by atoms with Crippen LogP contribution in [-0.4, -0.2) is 42.7 Å². The van der Waals surface area contributed by atoms with Crippen molar-refractivity contribution in [3.05, 3.63) is 52.8 Å². The zero-order chi connectivity index (χ0) is 17.1. The van der Waals surface area contributed by atoms with Crippen LogP contribution in [0.25, 0.3) is 0 Å². The fourth-order valence-electron chi connectivity index (χ4n) is 2.78. The third kappa shape index (κ3) is 2.75. The van der Waals surface area contributed by atoms with E-state index in [2.05, 4.69) is 15.6 Å². The number of hydrogen-bond acceptors (Lipinski definition) is 7. The van der Waals surface area contributed by atoms with Gasteiger partial charge in [-0.2, -0.15) is 0 Å². The lowest BCUT2D eigenvalue weighted by molar-refractivity contribution is 0.0979. The summed E-state index contributed by atoms with van der Waals surface area (Å²) in [6.45, 7) is 1.94. The lowest BCUT2D eigenvalue weighted by Crippen LogP contribution is -2.24. The standard InChI is InChI=1S/C17H19N5O2/c18-2-5-21-10-7-12-15(14(8-10)22-6-3-19)17(24)11-1-4-20-9-13(11)16(12)23/h1,4,7-9,21-22H,2-3,5-6,18-19H2. The van der Waals surface area contributed by atoms with Gasteiger partial charge in [0.25, 0.3) is 0 Å². The summed E-state index contributed by atoms with van der Waals surface area (Å²) in [5, 5.41) is 6.28. The van der Waals surface area contributed by atoms with Crippen molar-refractivity contribution in [1.82, 2.24) is 4.98 Å². The van der Waals surface area contributed by atoms with E-state index in [-0.39, 0.29) is 11.6 Å². The van der Waals surface area contributed by atoms with Gasteiger partial charge in [0.2, 0.25) is 0 Å². The van der Waals surface area contributed by atoms with Crippen LogP contribution < -0.4 is 22.1 Å². The van der Waals surface area contributed by atoms with E-state index >= 15 is 0 Å². The van der Waals surface area contributed by atoms with Gasteiger partial charge in [-0.1, -0.05) is 0 Å². The Kier molecular flexibility index (Phi) is 4.54. The first kappa shape index (κ1) is 16.1. The zero-order valence-electron chi connectivity index (χ0n) is 13.1. The number of benzene rings is 1. The monoisotopic (exact) mass is 325 g/mol. The number of rotatable bonds is 6. The van der Waals surface area contributed by atoms with Crippen molar-refractivity contribution in [2.75, 3.05) is 36.8 Å². The highest BCUT2D eigenvalue weighted by Gasteiger charge is 2.32. The molecule has 1 aliphatic rings. The molecule has 1 aromatic carbocycles. The molecule has 7 nitrogen and oxygen atoms in total. The summed E-state index contributed by atoms with van der Waals surface area (Å²) in [6.07, 6.45) is 2.95. The summed E-state index contributed by atoms with van der Waals surface area (Å²) >= 11 is 0. The highest BCUT2D eigenvalue weighted by atomic mass is 16.1. The van der Waals surface area contributed by atoms with Crippen LogP contribution >= 0.6 is 0 Å².